The van der Waals surface area contributed by atoms with E-state index in [0.717, 1.165) is 19.3 Å². The minimum Gasteiger partial charge on any atom is -0.504 e. The van der Waals surface area contributed by atoms with E-state index in [4.69, 9.17) is 16.3 Å². The highest BCUT2D eigenvalue weighted by atomic mass is 35.5. The minimum atomic E-state index is -3.66. The number of piperidine rings is 1. The third kappa shape index (κ3) is 4.26. The second kappa shape index (κ2) is 8.29. The molecule has 0 unspecified atom stereocenters. The maximum Gasteiger partial charge on any atom is 0.244 e. The van der Waals surface area contributed by atoms with Crippen molar-refractivity contribution >= 4 is 33.5 Å². The van der Waals surface area contributed by atoms with Crippen molar-refractivity contribution in [2.75, 3.05) is 20.2 Å². The average Bonchev–Trinajstić information content (AvgIpc) is 2.68. The Morgan fingerprint density at radius 3 is 2.63 bits per heavy atom. The first-order valence-electron chi connectivity index (χ1n) is 8.63. The number of nitrogens with zero attached hydrogens (tertiary/aromatic N) is 2. The zero-order chi connectivity index (χ0) is 19.4. The molecular weight excluding hydrogens is 388 g/mol. The summed E-state index contributed by atoms with van der Waals surface area (Å²) in [5.74, 6) is 0.308. The first-order chi connectivity index (χ1) is 12.9. The van der Waals surface area contributed by atoms with Gasteiger partial charge in [0.25, 0.3) is 0 Å². The molecule has 2 aromatic carbocycles. The molecule has 0 radical (unpaired) electrons. The number of benzene rings is 2. The van der Waals surface area contributed by atoms with Gasteiger partial charge < -0.3 is 9.84 Å². The Kier molecular flexibility index (Phi) is 6.04. The second-order valence-corrected chi connectivity index (χ2v) is 8.55. The number of methoxy groups -OCH3 is 1. The number of halogens is 1. The number of hydrogen-bond donors (Lipinski definition) is 1. The van der Waals surface area contributed by atoms with E-state index in [2.05, 4.69) is 4.99 Å². The number of phenols is 1. The van der Waals surface area contributed by atoms with Gasteiger partial charge in [0, 0.05) is 24.9 Å². The zero-order valence-corrected chi connectivity index (χ0v) is 16.5. The number of sulfonamides is 1. The van der Waals surface area contributed by atoms with Gasteiger partial charge in [-0.2, -0.15) is 4.31 Å². The molecule has 6 nitrogen and oxygen atoms in total. The van der Waals surface area contributed by atoms with E-state index in [9.17, 15) is 13.5 Å². The third-order valence-electron chi connectivity index (χ3n) is 4.45. The maximum absolute atomic E-state index is 12.9. The fraction of sp³-hybridized carbons (Fsp3) is 0.316. The summed E-state index contributed by atoms with van der Waals surface area (Å²) in [7, 11) is -2.19. The topological polar surface area (TPSA) is 79.2 Å². The van der Waals surface area contributed by atoms with Crippen molar-refractivity contribution in [3.63, 3.8) is 0 Å². The molecule has 1 N–H and O–H groups in total. The van der Waals surface area contributed by atoms with Crippen LogP contribution in [0.2, 0.25) is 5.02 Å². The van der Waals surface area contributed by atoms with Crippen molar-refractivity contribution in [1.82, 2.24) is 4.31 Å². The average molecular weight is 409 g/mol. The Morgan fingerprint density at radius 1 is 1.19 bits per heavy atom. The predicted molar refractivity (Wildman–Crippen MR) is 106 cm³/mol. The maximum atomic E-state index is 12.9. The lowest BCUT2D eigenvalue weighted by Gasteiger charge is -2.26. The van der Waals surface area contributed by atoms with Gasteiger partial charge in [-0.25, -0.2) is 8.42 Å². The van der Waals surface area contributed by atoms with Gasteiger partial charge >= 0.3 is 0 Å². The highest BCUT2D eigenvalue weighted by Crippen LogP contribution is 2.31. The first kappa shape index (κ1) is 19.7. The minimum absolute atomic E-state index is 0.0288. The molecule has 0 atom stereocenters. The summed E-state index contributed by atoms with van der Waals surface area (Å²) in [5, 5.41) is 10.3. The molecule has 8 heteroatoms. The van der Waals surface area contributed by atoms with Crippen LogP contribution in [0.4, 0.5) is 5.69 Å². The van der Waals surface area contributed by atoms with Gasteiger partial charge in [-0.3, -0.25) is 4.99 Å². The number of para-hydroxylation sites is 1. The lowest BCUT2D eigenvalue weighted by atomic mass is 10.2. The summed E-state index contributed by atoms with van der Waals surface area (Å²) in [5.41, 5.74) is 0.891. The van der Waals surface area contributed by atoms with Crippen molar-refractivity contribution in [2.45, 2.75) is 24.2 Å². The fourth-order valence-corrected chi connectivity index (χ4v) is 4.98. The molecule has 0 bridgehead atoms. The summed E-state index contributed by atoms with van der Waals surface area (Å²) in [6.45, 7) is 1.01. The van der Waals surface area contributed by atoms with Crippen molar-refractivity contribution in [3.8, 4) is 11.5 Å². The van der Waals surface area contributed by atoms with E-state index < -0.39 is 10.0 Å². The number of phenolic OH excluding ortho intramolecular Hbond substituents is 1. The molecule has 1 heterocycles. The smallest absolute Gasteiger partial charge is 0.244 e. The van der Waals surface area contributed by atoms with Crippen LogP contribution in [0.15, 0.2) is 46.3 Å². The Hall–Kier alpha value is -2.09. The van der Waals surface area contributed by atoms with Crippen LogP contribution in [-0.4, -0.2) is 44.2 Å². The summed E-state index contributed by atoms with van der Waals surface area (Å²) in [6.07, 6.45) is 4.19. The highest BCUT2D eigenvalue weighted by molar-refractivity contribution is 7.89. The van der Waals surface area contributed by atoms with Crippen molar-refractivity contribution < 1.29 is 18.3 Å². The van der Waals surface area contributed by atoms with Gasteiger partial charge in [0.1, 0.15) is 4.90 Å². The number of aliphatic imine (C=N–C) groups is 1. The second-order valence-electron chi connectivity index (χ2n) is 6.24. The third-order valence-corrected chi connectivity index (χ3v) is 6.83. The SMILES string of the molecule is COc1cccc(C=Nc2ccc(Cl)c(S(=O)(=O)N3CCCCC3)c2)c1O. The summed E-state index contributed by atoms with van der Waals surface area (Å²) < 4.78 is 32.4. The molecule has 1 fully saturated rings. The van der Waals surface area contributed by atoms with Crippen molar-refractivity contribution in [2.24, 2.45) is 4.99 Å². The van der Waals surface area contributed by atoms with Crippen molar-refractivity contribution in [1.29, 1.82) is 0 Å². The normalized spacial score (nSPS) is 15.9. The molecule has 2 aromatic rings. The predicted octanol–water partition coefficient (Wildman–Crippen LogP) is 3.98. The van der Waals surface area contributed by atoms with Crippen LogP contribution in [-0.2, 0) is 10.0 Å². The summed E-state index contributed by atoms with van der Waals surface area (Å²) in [4.78, 5) is 4.34. The first-order valence-corrected chi connectivity index (χ1v) is 10.4. The van der Waals surface area contributed by atoms with Gasteiger partial charge in [-0.05, 0) is 43.2 Å². The lowest BCUT2D eigenvalue weighted by molar-refractivity contribution is 0.346. The molecule has 0 aliphatic carbocycles. The molecule has 0 amide bonds. The van der Waals surface area contributed by atoms with E-state index in [1.165, 1.54) is 29.8 Å². The molecular formula is C19H21ClN2O4S. The summed E-state index contributed by atoms with van der Waals surface area (Å²) in [6, 6.07) is 9.66. The fourth-order valence-electron chi connectivity index (χ4n) is 2.97. The van der Waals surface area contributed by atoms with Crippen LogP contribution < -0.4 is 4.74 Å². The van der Waals surface area contributed by atoms with Crippen molar-refractivity contribution in [3.05, 3.63) is 47.0 Å². The molecule has 1 aliphatic rings. The van der Waals surface area contributed by atoms with E-state index in [0.29, 0.717) is 30.1 Å². The Labute approximate surface area is 164 Å². The van der Waals surface area contributed by atoms with Crippen LogP contribution in [0.1, 0.15) is 24.8 Å². The standard InChI is InChI=1S/C19H21ClN2O4S/c1-26-17-7-5-6-14(19(17)23)13-21-15-8-9-16(20)18(12-15)27(24,25)22-10-3-2-4-11-22/h5-9,12-13,23H,2-4,10-11H2,1H3. The van der Waals surface area contributed by atoms with E-state index in [-0.39, 0.29) is 15.7 Å². The lowest BCUT2D eigenvalue weighted by Crippen LogP contribution is -2.35. The van der Waals surface area contributed by atoms with Crippen LogP contribution >= 0.6 is 11.6 Å². The van der Waals surface area contributed by atoms with Crippen LogP contribution in [0.3, 0.4) is 0 Å². The molecule has 27 heavy (non-hydrogen) atoms. The van der Waals surface area contributed by atoms with Gasteiger partial charge in [-0.1, -0.05) is 24.1 Å². The molecule has 0 spiro atoms. The number of hydrogen-bond acceptors (Lipinski definition) is 5. The van der Waals surface area contributed by atoms with E-state index in [1.54, 1.807) is 24.3 Å². The molecule has 144 valence electrons. The zero-order valence-electron chi connectivity index (χ0n) is 14.9. The number of aromatic hydroxyl groups is 1. The van der Waals surface area contributed by atoms with Gasteiger partial charge in [0.05, 0.1) is 17.8 Å². The van der Waals surface area contributed by atoms with Gasteiger partial charge in [-0.15, -0.1) is 0 Å². The molecule has 3 rings (SSSR count). The van der Waals surface area contributed by atoms with Gasteiger partial charge in [0.2, 0.25) is 10.0 Å². The summed E-state index contributed by atoms with van der Waals surface area (Å²) >= 11 is 6.17. The quantitative estimate of drug-likeness (QED) is 0.759. The Balaban J connectivity index is 1.92. The van der Waals surface area contributed by atoms with E-state index in [1.807, 2.05) is 0 Å². The highest BCUT2D eigenvalue weighted by Gasteiger charge is 2.28. The number of rotatable bonds is 5. The largest absolute Gasteiger partial charge is 0.504 e. The Bertz CT molecular complexity index is 954. The molecule has 0 saturated carbocycles. The molecule has 0 aromatic heterocycles. The van der Waals surface area contributed by atoms with Crippen LogP contribution in [0.5, 0.6) is 11.5 Å². The Morgan fingerprint density at radius 2 is 1.93 bits per heavy atom. The monoisotopic (exact) mass is 408 g/mol. The van der Waals surface area contributed by atoms with Crippen LogP contribution in [0, 0.1) is 0 Å². The van der Waals surface area contributed by atoms with Crippen LogP contribution in [0.25, 0.3) is 0 Å². The van der Waals surface area contributed by atoms with E-state index >= 15 is 0 Å². The number of ether oxygens (including phenoxy) is 1. The van der Waals surface area contributed by atoms with Gasteiger partial charge in [0.15, 0.2) is 11.5 Å². The molecule has 1 saturated heterocycles. The molecule has 1 aliphatic heterocycles.